The summed E-state index contributed by atoms with van der Waals surface area (Å²) >= 11 is 0. The Morgan fingerprint density at radius 3 is 2.50 bits per heavy atom. The molecule has 0 bridgehead atoms. The lowest BCUT2D eigenvalue weighted by molar-refractivity contribution is 0.109. The highest BCUT2D eigenvalue weighted by Crippen LogP contribution is 2.21. The van der Waals surface area contributed by atoms with Crippen molar-refractivity contribution in [1.82, 2.24) is 19.6 Å². The standard InChI is InChI=1S/C17H21N5/c1-20-13-15(12-19-20)14-21-7-9-22(10-8-21)17(11-18)16-5-3-2-4-6-16/h2-6,12-13,17H,7-10,14H2,1H3. The third-order valence-electron chi connectivity index (χ3n) is 4.17. The van der Waals surface area contributed by atoms with Crippen molar-refractivity contribution >= 4 is 0 Å². The van der Waals surface area contributed by atoms with Gasteiger partial charge in [-0.25, -0.2) is 0 Å². The summed E-state index contributed by atoms with van der Waals surface area (Å²) in [7, 11) is 1.94. The van der Waals surface area contributed by atoms with Gasteiger partial charge < -0.3 is 0 Å². The summed E-state index contributed by atoms with van der Waals surface area (Å²) in [6.07, 6.45) is 3.99. The minimum Gasteiger partial charge on any atom is -0.296 e. The Hall–Kier alpha value is -2.16. The van der Waals surface area contributed by atoms with E-state index in [0.717, 1.165) is 38.3 Å². The van der Waals surface area contributed by atoms with E-state index in [1.807, 2.05) is 48.3 Å². The normalized spacial score (nSPS) is 18.0. The van der Waals surface area contributed by atoms with Crippen molar-refractivity contribution in [2.75, 3.05) is 26.2 Å². The van der Waals surface area contributed by atoms with E-state index in [9.17, 15) is 5.26 Å². The lowest BCUT2D eigenvalue weighted by atomic mass is 10.1. The molecule has 5 nitrogen and oxygen atoms in total. The second kappa shape index (κ2) is 6.73. The second-order valence-electron chi connectivity index (χ2n) is 5.78. The summed E-state index contributed by atoms with van der Waals surface area (Å²) in [6.45, 7) is 4.75. The molecule has 1 unspecified atom stereocenters. The van der Waals surface area contributed by atoms with Crippen LogP contribution in [0.3, 0.4) is 0 Å². The number of piperazine rings is 1. The Labute approximate surface area is 131 Å². The monoisotopic (exact) mass is 295 g/mol. The highest BCUT2D eigenvalue weighted by molar-refractivity contribution is 5.24. The summed E-state index contributed by atoms with van der Waals surface area (Å²) in [5.41, 5.74) is 2.33. The van der Waals surface area contributed by atoms with Gasteiger partial charge in [-0.2, -0.15) is 10.4 Å². The molecule has 2 aromatic rings. The van der Waals surface area contributed by atoms with Crippen molar-refractivity contribution in [3.63, 3.8) is 0 Å². The van der Waals surface area contributed by atoms with Gasteiger partial charge in [-0.3, -0.25) is 14.5 Å². The minimum absolute atomic E-state index is 0.137. The molecular formula is C17H21N5. The van der Waals surface area contributed by atoms with Gasteiger partial charge in [0.05, 0.1) is 12.3 Å². The van der Waals surface area contributed by atoms with Crippen LogP contribution in [0.4, 0.5) is 0 Å². The van der Waals surface area contributed by atoms with E-state index in [4.69, 9.17) is 0 Å². The molecule has 1 saturated heterocycles. The van der Waals surface area contributed by atoms with Crippen LogP contribution in [0.5, 0.6) is 0 Å². The molecule has 1 aromatic carbocycles. The molecule has 0 N–H and O–H groups in total. The first-order chi connectivity index (χ1) is 10.8. The molecule has 2 heterocycles. The molecule has 5 heteroatoms. The van der Waals surface area contributed by atoms with E-state index < -0.39 is 0 Å². The van der Waals surface area contributed by atoms with Gasteiger partial charge in [0, 0.05) is 51.5 Å². The number of hydrogen-bond donors (Lipinski definition) is 0. The molecular weight excluding hydrogens is 274 g/mol. The molecule has 114 valence electrons. The van der Waals surface area contributed by atoms with Gasteiger partial charge in [0.1, 0.15) is 6.04 Å². The van der Waals surface area contributed by atoms with Crippen LogP contribution in [-0.2, 0) is 13.6 Å². The third kappa shape index (κ3) is 3.35. The Morgan fingerprint density at radius 1 is 1.18 bits per heavy atom. The Bertz CT molecular complexity index is 635. The van der Waals surface area contributed by atoms with Crippen molar-refractivity contribution in [3.05, 3.63) is 53.9 Å². The van der Waals surface area contributed by atoms with Gasteiger partial charge >= 0.3 is 0 Å². The van der Waals surface area contributed by atoms with Crippen molar-refractivity contribution in [1.29, 1.82) is 5.26 Å². The second-order valence-corrected chi connectivity index (χ2v) is 5.78. The van der Waals surface area contributed by atoms with Crippen LogP contribution in [0.2, 0.25) is 0 Å². The van der Waals surface area contributed by atoms with Crippen LogP contribution in [0.1, 0.15) is 17.2 Å². The molecule has 22 heavy (non-hydrogen) atoms. The zero-order valence-corrected chi connectivity index (χ0v) is 12.9. The van der Waals surface area contributed by atoms with Crippen molar-refractivity contribution < 1.29 is 0 Å². The first kappa shape index (κ1) is 14.8. The van der Waals surface area contributed by atoms with E-state index in [1.165, 1.54) is 5.56 Å². The topological polar surface area (TPSA) is 48.1 Å². The Morgan fingerprint density at radius 2 is 1.91 bits per heavy atom. The first-order valence-corrected chi connectivity index (χ1v) is 7.65. The van der Waals surface area contributed by atoms with Gasteiger partial charge in [-0.05, 0) is 5.56 Å². The lowest BCUT2D eigenvalue weighted by Gasteiger charge is -2.36. The van der Waals surface area contributed by atoms with Crippen LogP contribution in [-0.4, -0.2) is 45.8 Å². The Kier molecular flexibility index (Phi) is 4.52. The number of hydrogen-bond acceptors (Lipinski definition) is 4. The molecule has 1 fully saturated rings. The first-order valence-electron chi connectivity index (χ1n) is 7.65. The summed E-state index contributed by atoms with van der Waals surface area (Å²) in [5.74, 6) is 0. The van der Waals surface area contributed by atoms with Gasteiger partial charge in [-0.15, -0.1) is 0 Å². The average Bonchev–Trinajstić information content (AvgIpc) is 2.96. The van der Waals surface area contributed by atoms with E-state index in [2.05, 4.69) is 27.2 Å². The van der Waals surface area contributed by atoms with Gasteiger partial charge in [-0.1, -0.05) is 30.3 Å². The predicted octanol–water partition coefficient (Wildman–Crippen LogP) is 1.80. The van der Waals surface area contributed by atoms with Crippen LogP contribution >= 0.6 is 0 Å². The fraction of sp³-hybridized carbons (Fsp3) is 0.412. The number of benzene rings is 1. The van der Waals surface area contributed by atoms with E-state index in [0.29, 0.717) is 0 Å². The molecule has 0 spiro atoms. The van der Waals surface area contributed by atoms with E-state index in [1.54, 1.807) is 0 Å². The van der Waals surface area contributed by atoms with Crippen LogP contribution in [0.25, 0.3) is 0 Å². The predicted molar refractivity (Wildman–Crippen MR) is 84.9 cm³/mol. The maximum absolute atomic E-state index is 9.52. The lowest BCUT2D eigenvalue weighted by Crippen LogP contribution is -2.46. The number of aromatic nitrogens is 2. The van der Waals surface area contributed by atoms with Crippen LogP contribution in [0, 0.1) is 11.3 Å². The van der Waals surface area contributed by atoms with Crippen molar-refractivity contribution in [3.8, 4) is 6.07 Å². The molecule has 0 saturated carbocycles. The number of nitriles is 1. The average molecular weight is 295 g/mol. The highest BCUT2D eigenvalue weighted by Gasteiger charge is 2.24. The summed E-state index contributed by atoms with van der Waals surface area (Å²) in [5, 5.41) is 13.7. The van der Waals surface area contributed by atoms with Gasteiger partial charge in [0.15, 0.2) is 0 Å². The molecule has 1 atom stereocenters. The van der Waals surface area contributed by atoms with Crippen molar-refractivity contribution in [2.45, 2.75) is 12.6 Å². The van der Waals surface area contributed by atoms with Crippen LogP contribution in [0.15, 0.2) is 42.7 Å². The summed E-state index contributed by atoms with van der Waals surface area (Å²) < 4.78 is 1.84. The smallest absolute Gasteiger partial charge is 0.123 e. The third-order valence-corrected chi connectivity index (χ3v) is 4.17. The van der Waals surface area contributed by atoms with Crippen molar-refractivity contribution in [2.24, 2.45) is 7.05 Å². The number of aryl methyl sites for hydroxylation is 1. The SMILES string of the molecule is Cn1cc(CN2CCN(C(C#N)c3ccccc3)CC2)cn1. The molecule has 1 aliphatic rings. The number of rotatable bonds is 4. The number of nitrogens with zero attached hydrogens (tertiary/aromatic N) is 5. The van der Waals surface area contributed by atoms with E-state index >= 15 is 0 Å². The molecule has 0 amide bonds. The fourth-order valence-corrected chi connectivity index (χ4v) is 2.99. The van der Waals surface area contributed by atoms with Gasteiger partial charge in [0.2, 0.25) is 0 Å². The molecule has 3 rings (SSSR count). The summed E-state index contributed by atoms with van der Waals surface area (Å²) in [4.78, 5) is 4.70. The highest BCUT2D eigenvalue weighted by atomic mass is 15.3. The summed E-state index contributed by atoms with van der Waals surface area (Å²) in [6, 6.07) is 12.4. The fourth-order valence-electron chi connectivity index (χ4n) is 2.99. The zero-order chi connectivity index (χ0) is 15.4. The molecule has 1 aromatic heterocycles. The molecule has 0 radical (unpaired) electrons. The molecule has 0 aliphatic carbocycles. The Balaban J connectivity index is 1.58. The van der Waals surface area contributed by atoms with Gasteiger partial charge in [0.25, 0.3) is 0 Å². The van der Waals surface area contributed by atoms with E-state index in [-0.39, 0.29) is 6.04 Å². The zero-order valence-electron chi connectivity index (χ0n) is 12.9. The maximum atomic E-state index is 9.52. The quantitative estimate of drug-likeness (QED) is 0.863. The minimum atomic E-state index is -0.137. The maximum Gasteiger partial charge on any atom is 0.123 e. The largest absolute Gasteiger partial charge is 0.296 e. The van der Waals surface area contributed by atoms with Crippen LogP contribution < -0.4 is 0 Å². The molecule has 1 aliphatic heterocycles.